The van der Waals surface area contributed by atoms with E-state index in [9.17, 15) is 14.7 Å². The van der Waals surface area contributed by atoms with Gasteiger partial charge in [-0.15, -0.1) is 0 Å². The fourth-order valence-corrected chi connectivity index (χ4v) is 1.05. The van der Waals surface area contributed by atoms with E-state index in [1.54, 1.807) is 0 Å². The van der Waals surface area contributed by atoms with Gasteiger partial charge in [-0.2, -0.15) is 0 Å². The average Bonchev–Trinajstić information content (AvgIpc) is 2.75. The number of aromatic amines is 1. The molecule has 1 fully saturated rings. The van der Waals surface area contributed by atoms with Gasteiger partial charge in [-0.05, 0) is 5.27 Å². The van der Waals surface area contributed by atoms with Crippen LogP contribution in [0.25, 0.3) is 0 Å². The first-order valence-corrected chi connectivity index (χ1v) is 3.54. The Hall–Kier alpha value is -1.59. The summed E-state index contributed by atoms with van der Waals surface area (Å²) in [5, 5.41) is 12.6. The molecule has 1 N–H and O–H groups in total. The number of hydrogen-bond donors (Lipinski definition) is 1. The third-order valence-corrected chi connectivity index (χ3v) is 1.78. The van der Waals surface area contributed by atoms with Crippen molar-refractivity contribution in [1.82, 2.24) is 5.27 Å². The van der Waals surface area contributed by atoms with Crippen LogP contribution in [0.1, 0.15) is 29.4 Å². The van der Waals surface area contributed by atoms with Gasteiger partial charge in [0.25, 0.3) is 0 Å². The van der Waals surface area contributed by atoms with Crippen molar-refractivity contribution in [2.75, 3.05) is 0 Å². The summed E-state index contributed by atoms with van der Waals surface area (Å²) in [4.78, 5) is 21.2. The molecule has 1 saturated carbocycles. The molecule has 0 aromatic carbocycles. The van der Waals surface area contributed by atoms with Gasteiger partial charge in [-0.1, -0.05) is 4.68 Å². The first-order chi connectivity index (χ1) is 5.70. The first kappa shape index (κ1) is 7.08. The molecule has 0 amide bonds. The quantitative estimate of drug-likeness (QED) is 0.517. The van der Waals surface area contributed by atoms with Gasteiger partial charge in [0.15, 0.2) is 6.04 Å². The molecule has 12 heavy (non-hydrogen) atoms. The van der Waals surface area contributed by atoms with E-state index in [0.717, 1.165) is 12.8 Å². The molecule has 6 nitrogen and oxygen atoms in total. The number of carbonyl (C=O) groups excluding carboxylic acids is 1. The van der Waals surface area contributed by atoms with Crippen LogP contribution in [0.15, 0.2) is 9.32 Å². The maximum absolute atomic E-state index is 10.8. The third kappa shape index (κ3) is 0.919. The van der Waals surface area contributed by atoms with Crippen LogP contribution >= 0.6 is 0 Å². The maximum Gasteiger partial charge on any atom is 0.436 e. The maximum atomic E-state index is 10.8. The van der Waals surface area contributed by atoms with Gasteiger partial charge in [0, 0.05) is 12.8 Å². The van der Waals surface area contributed by atoms with Crippen LogP contribution in [-0.4, -0.2) is 11.2 Å². The monoisotopic (exact) mass is 170 g/mol. The number of H-pyrrole nitrogens is 1. The second-order valence-corrected chi connectivity index (χ2v) is 2.72. The highest BCUT2D eigenvalue weighted by Gasteiger charge is 2.39. The largest absolute Gasteiger partial charge is 0.539 e. The van der Waals surface area contributed by atoms with E-state index in [-0.39, 0.29) is 6.04 Å². The van der Waals surface area contributed by atoms with Crippen molar-refractivity contribution in [3.05, 3.63) is 16.1 Å². The Bertz CT molecular complexity index is 373. The molecule has 0 saturated heterocycles. The van der Waals surface area contributed by atoms with E-state index < -0.39 is 17.3 Å². The molecule has 1 aromatic heterocycles. The third-order valence-electron chi connectivity index (χ3n) is 1.78. The minimum atomic E-state index is -1.50. The number of carbonyl (C=O) groups is 1. The zero-order valence-electron chi connectivity index (χ0n) is 6.07. The van der Waals surface area contributed by atoms with E-state index in [0.29, 0.717) is 0 Å². The standard InChI is InChI=1S/C6H6N2O4/c9-5(10)4-6(11)12-7-8(4)3-1-2-3/h3H,1-2H2,(H-,7,9,10,11). The van der Waals surface area contributed by atoms with Crippen LogP contribution < -0.4 is 15.4 Å². The summed E-state index contributed by atoms with van der Waals surface area (Å²) in [5.74, 6) is -1.50. The Morgan fingerprint density at radius 3 is 2.83 bits per heavy atom. The van der Waals surface area contributed by atoms with Gasteiger partial charge >= 0.3 is 11.3 Å². The molecule has 1 aromatic rings. The Kier molecular flexibility index (Phi) is 1.30. The van der Waals surface area contributed by atoms with E-state index in [4.69, 9.17) is 0 Å². The number of aromatic carboxylic acids is 1. The molecule has 0 spiro atoms. The minimum absolute atomic E-state index is 0.0596. The molecule has 0 aliphatic heterocycles. The molecule has 1 aliphatic carbocycles. The van der Waals surface area contributed by atoms with E-state index in [1.165, 1.54) is 4.68 Å². The van der Waals surface area contributed by atoms with Crippen molar-refractivity contribution in [1.29, 1.82) is 0 Å². The lowest BCUT2D eigenvalue weighted by Gasteiger charge is -1.90. The number of carboxylic acids is 1. The summed E-state index contributed by atoms with van der Waals surface area (Å²) in [6.07, 6.45) is 1.72. The zero-order chi connectivity index (χ0) is 8.72. The number of hydrogen-bond acceptors (Lipinski definition) is 4. The summed E-state index contributed by atoms with van der Waals surface area (Å²) in [6.45, 7) is 0. The lowest BCUT2D eigenvalue weighted by molar-refractivity contribution is -0.768. The van der Waals surface area contributed by atoms with E-state index >= 15 is 0 Å². The van der Waals surface area contributed by atoms with Crippen LogP contribution in [0.3, 0.4) is 0 Å². The van der Waals surface area contributed by atoms with Crippen molar-refractivity contribution in [2.45, 2.75) is 18.9 Å². The number of aromatic nitrogens is 2. The molecule has 0 unspecified atom stereocenters. The number of nitrogens with zero attached hydrogens (tertiary/aromatic N) is 1. The molecular formula is C6H6N2O4. The van der Waals surface area contributed by atoms with Crippen LogP contribution in [0.5, 0.6) is 0 Å². The highest BCUT2D eigenvalue weighted by Crippen LogP contribution is 2.28. The minimum Gasteiger partial charge on any atom is -0.539 e. The number of carboxylic acid groups (broad SMARTS) is 1. The van der Waals surface area contributed by atoms with Crippen LogP contribution in [-0.2, 0) is 0 Å². The van der Waals surface area contributed by atoms with Crippen molar-refractivity contribution in [3.63, 3.8) is 0 Å². The second-order valence-electron chi connectivity index (χ2n) is 2.72. The zero-order valence-corrected chi connectivity index (χ0v) is 6.07. The average molecular weight is 170 g/mol. The Morgan fingerprint density at radius 2 is 2.33 bits per heavy atom. The van der Waals surface area contributed by atoms with Crippen LogP contribution in [0, 0.1) is 0 Å². The topological polar surface area (TPSA) is 90.0 Å². The van der Waals surface area contributed by atoms with Crippen molar-refractivity contribution < 1.29 is 19.1 Å². The second kappa shape index (κ2) is 2.20. The molecule has 1 heterocycles. The van der Waals surface area contributed by atoms with Crippen molar-refractivity contribution in [2.24, 2.45) is 0 Å². The predicted molar refractivity (Wildman–Crippen MR) is 32.1 cm³/mol. The van der Waals surface area contributed by atoms with Gasteiger partial charge < -0.3 is 9.90 Å². The molecule has 2 rings (SSSR count). The number of rotatable bonds is 2. The van der Waals surface area contributed by atoms with Crippen molar-refractivity contribution >= 4 is 5.97 Å². The predicted octanol–water partition coefficient (Wildman–Crippen LogP) is -2.05. The fraction of sp³-hybridized carbons (Fsp3) is 0.500. The van der Waals surface area contributed by atoms with E-state index in [2.05, 4.69) is 9.79 Å². The van der Waals surface area contributed by atoms with Gasteiger partial charge in [-0.25, -0.2) is 4.79 Å². The fourth-order valence-electron chi connectivity index (χ4n) is 1.05. The first-order valence-electron chi connectivity index (χ1n) is 3.54. The summed E-state index contributed by atoms with van der Waals surface area (Å²) in [5.41, 5.74) is -1.32. The summed E-state index contributed by atoms with van der Waals surface area (Å²) in [6, 6.07) is 0.0596. The molecule has 1 aliphatic rings. The number of nitrogens with one attached hydrogen (secondary N) is 1. The Morgan fingerprint density at radius 1 is 1.67 bits per heavy atom. The molecule has 0 radical (unpaired) electrons. The molecule has 0 atom stereocenters. The van der Waals surface area contributed by atoms with Crippen molar-refractivity contribution in [3.8, 4) is 0 Å². The van der Waals surface area contributed by atoms with E-state index in [1.807, 2.05) is 0 Å². The normalized spacial score (nSPS) is 16.3. The molecular weight excluding hydrogens is 164 g/mol. The summed E-state index contributed by atoms with van der Waals surface area (Å²) in [7, 11) is 0. The van der Waals surface area contributed by atoms with Gasteiger partial charge in [0.2, 0.25) is 0 Å². The SMILES string of the molecule is O=C([O-])c1c(=O)o[nH][n+]1C1CC1. The van der Waals surface area contributed by atoms with Gasteiger partial charge in [-0.3, -0.25) is 4.52 Å². The lowest BCUT2D eigenvalue weighted by Crippen LogP contribution is -2.46. The molecule has 6 heteroatoms. The highest BCUT2D eigenvalue weighted by molar-refractivity contribution is 5.80. The van der Waals surface area contributed by atoms with Crippen LogP contribution in [0.4, 0.5) is 0 Å². The summed E-state index contributed by atoms with van der Waals surface area (Å²) < 4.78 is 5.53. The smallest absolute Gasteiger partial charge is 0.436 e. The van der Waals surface area contributed by atoms with Gasteiger partial charge in [0.05, 0.1) is 0 Å². The lowest BCUT2D eigenvalue weighted by atomic mass is 10.4. The van der Waals surface area contributed by atoms with Crippen LogP contribution in [0.2, 0.25) is 0 Å². The van der Waals surface area contributed by atoms with Gasteiger partial charge in [0.1, 0.15) is 5.97 Å². The Balaban J connectivity index is 2.53. The molecule has 0 bridgehead atoms. The Labute approximate surface area is 66.4 Å². The highest BCUT2D eigenvalue weighted by atomic mass is 16.5. The molecule has 64 valence electrons. The summed E-state index contributed by atoms with van der Waals surface area (Å²) >= 11 is 0.